The van der Waals surface area contributed by atoms with E-state index < -0.39 is 5.97 Å². The van der Waals surface area contributed by atoms with Gasteiger partial charge in [0.15, 0.2) is 0 Å². The second kappa shape index (κ2) is 9.67. The SMILES string of the molecule is CCCCCCCCCCc1c(O)ccc(C(=O)O)c1Cl. The molecule has 0 bridgehead atoms. The van der Waals surface area contributed by atoms with E-state index in [9.17, 15) is 9.90 Å². The van der Waals surface area contributed by atoms with Crippen molar-refractivity contribution in [2.45, 2.75) is 64.7 Å². The minimum atomic E-state index is -1.06. The van der Waals surface area contributed by atoms with Gasteiger partial charge in [-0.05, 0) is 25.0 Å². The third-order valence-corrected chi connectivity index (χ3v) is 4.16. The highest BCUT2D eigenvalue weighted by molar-refractivity contribution is 6.34. The lowest BCUT2D eigenvalue weighted by Crippen LogP contribution is -2.00. The Morgan fingerprint density at radius 2 is 1.62 bits per heavy atom. The quantitative estimate of drug-likeness (QED) is 0.566. The summed E-state index contributed by atoms with van der Waals surface area (Å²) in [6, 6.07) is 2.76. The summed E-state index contributed by atoms with van der Waals surface area (Å²) in [5.74, 6) is -0.967. The summed E-state index contributed by atoms with van der Waals surface area (Å²) < 4.78 is 0. The van der Waals surface area contributed by atoms with Gasteiger partial charge in [-0.1, -0.05) is 63.5 Å². The predicted molar refractivity (Wildman–Crippen MR) is 86.4 cm³/mol. The van der Waals surface area contributed by atoms with Crippen LogP contribution in [0, 0.1) is 0 Å². The van der Waals surface area contributed by atoms with Crippen molar-refractivity contribution in [3.05, 3.63) is 28.3 Å². The minimum absolute atomic E-state index is 0.0593. The van der Waals surface area contributed by atoms with Gasteiger partial charge in [-0.25, -0.2) is 4.79 Å². The molecule has 3 nitrogen and oxygen atoms in total. The van der Waals surface area contributed by atoms with Crippen molar-refractivity contribution in [2.24, 2.45) is 0 Å². The molecule has 0 heterocycles. The zero-order valence-corrected chi connectivity index (χ0v) is 13.5. The van der Waals surface area contributed by atoms with E-state index in [1.807, 2.05) is 0 Å². The van der Waals surface area contributed by atoms with Crippen LogP contribution in [-0.2, 0) is 6.42 Å². The summed E-state index contributed by atoms with van der Waals surface area (Å²) in [7, 11) is 0. The molecule has 0 amide bonds. The average Bonchev–Trinajstić information content (AvgIpc) is 2.44. The van der Waals surface area contributed by atoms with Crippen molar-refractivity contribution in [1.29, 1.82) is 0 Å². The number of carboxylic acid groups (broad SMARTS) is 1. The van der Waals surface area contributed by atoms with Crippen molar-refractivity contribution in [3.8, 4) is 5.75 Å². The van der Waals surface area contributed by atoms with Crippen LogP contribution in [-0.4, -0.2) is 16.2 Å². The van der Waals surface area contributed by atoms with Crippen molar-refractivity contribution < 1.29 is 15.0 Å². The van der Waals surface area contributed by atoms with E-state index in [1.165, 1.54) is 50.7 Å². The molecule has 0 atom stereocenters. The second-order valence-electron chi connectivity index (χ2n) is 5.45. The first-order valence-corrected chi connectivity index (χ1v) is 8.19. The summed E-state index contributed by atoms with van der Waals surface area (Å²) in [5.41, 5.74) is 0.617. The maximum atomic E-state index is 11.0. The number of hydrogen-bond acceptors (Lipinski definition) is 2. The Kier molecular flexibility index (Phi) is 8.21. The molecule has 4 heteroatoms. The number of benzene rings is 1. The average molecular weight is 313 g/mol. The number of phenolic OH excluding ortho intramolecular Hbond substituents is 1. The molecule has 0 fully saturated rings. The summed E-state index contributed by atoms with van der Waals surface area (Å²) >= 11 is 6.07. The number of carboxylic acids is 1. The van der Waals surface area contributed by atoms with E-state index in [-0.39, 0.29) is 16.3 Å². The molecule has 0 aromatic heterocycles. The summed E-state index contributed by atoms with van der Waals surface area (Å²) in [6.45, 7) is 2.21. The van der Waals surface area contributed by atoms with Gasteiger partial charge in [0.2, 0.25) is 0 Å². The number of aromatic hydroxyl groups is 1. The Labute approximate surface area is 131 Å². The van der Waals surface area contributed by atoms with E-state index in [2.05, 4.69) is 6.92 Å². The molecular weight excluding hydrogens is 288 g/mol. The Balaban J connectivity index is 2.38. The molecule has 1 aromatic carbocycles. The second-order valence-corrected chi connectivity index (χ2v) is 5.83. The molecule has 0 spiro atoms. The first kappa shape index (κ1) is 17.8. The van der Waals surface area contributed by atoms with Gasteiger partial charge in [-0.2, -0.15) is 0 Å². The van der Waals surface area contributed by atoms with Gasteiger partial charge in [-0.15, -0.1) is 0 Å². The van der Waals surface area contributed by atoms with Gasteiger partial charge >= 0.3 is 5.97 Å². The number of halogens is 1. The Hall–Kier alpha value is -1.22. The molecule has 0 unspecified atom stereocenters. The Bertz CT molecular complexity index is 458. The molecule has 0 radical (unpaired) electrons. The summed E-state index contributed by atoms with van der Waals surface area (Å²) in [4.78, 5) is 11.0. The Morgan fingerprint density at radius 1 is 1.05 bits per heavy atom. The van der Waals surface area contributed by atoms with Gasteiger partial charge in [0, 0.05) is 5.56 Å². The lowest BCUT2D eigenvalue weighted by Gasteiger charge is -2.09. The van der Waals surface area contributed by atoms with Gasteiger partial charge < -0.3 is 10.2 Å². The van der Waals surface area contributed by atoms with E-state index in [0.29, 0.717) is 12.0 Å². The number of phenols is 1. The fourth-order valence-electron chi connectivity index (χ4n) is 2.45. The first-order chi connectivity index (χ1) is 10.1. The zero-order chi connectivity index (χ0) is 15.7. The fraction of sp³-hybridized carbons (Fsp3) is 0.588. The standard InChI is InChI=1S/C17H25ClO3/c1-2-3-4-5-6-7-8-9-10-13-15(19)12-11-14(16(13)18)17(20)21/h11-12,19H,2-10H2,1H3,(H,20,21). The van der Waals surface area contributed by atoms with Crippen molar-refractivity contribution in [3.63, 3.8) is 0 Å². The molecule has 1 aromatic rings. The van der Waals surface area contributed by atoms with E-state index >= 15 is 0 Å². The lowest BCUT2D eigenvalue weighted by molar-refractivity contribution is 0.0697. The normalized spacial score (nSPS) is 10.8. The lowest BCUT2D eigenvalue weighted by atomic mass is 10.0. The molecule has 21 heavy (non-hydrogen) atoms. The Morgan fingerprint density at radius 3 is 2.19 bits per heavy atom. The molecule has 0 aliphatic rings. The van der Waals surface area contributed by atoms with Crippen molar-refractivity contribution in [2.75, 3.05) is 0 Å². The van der Waals surface area contributed by atoms with Crippen LogP contribution in [0.3, 0.4) is 0 Å². The fourth-order valence-corrected chi connectivity index (χ4v) is 2.78. The van der Waals surface area contributed by atoms with Crippen LogP contribution in [0.4, 0.5) is 0 Å². The largest absolute Gasteiger partial charge is 0.508 e. The predicted octanol–water partition coefficient (Wildman–Crippen LogP) is 5.43. The van der Waals surface area contributed by atoms with Crippen LogP contribution in [0.15, 0.2) is 12.1 Å². The number of hydrogen-bond donors (Lipinski definition) is 2. The van der Waals surface area contributed by atoms with Crippen LogP contribution < -0.4 is 0 Å². The molecule has 0 aliphatic carbocycles. The third kappa shape index (κ3) is 5.96. The number of aromatic carboxylic acids is 1. The van der Waals surface area contributed by atoms with Gasteiger partial charge in [-0.3, -0.25) is 0 Å². The molecule has 0 aliphatic heterocycles. The smallest absolute Gasteiger partial charge is 0.337 e. The van der Waals surface area contributed by atoms with Crippen LogP contribution in [0.5, 0.6) is 5.75 Å². The van der Waals surface area contributed by atoms with Gasteiger partial charge in [0.05, 0.1) is 10.6 Å². The molecular formula is C17H25ClO3. The number of unbranched alkanes of at least 4 members (excludes halogenated alkanes) is 7. The number of carbonyl (C=O) groups is 1. The van der Waals surface area contributed by atoms with Crippen molar-refractivity contribution in [1.82, 2.24) is 0 Å². The monoisotopic (exact) mass is 312 g/mol. The molecule has 1 rings (SSSR count). The van der Waals surface area contributed by atoms with E-state index in [0.717, 1.165) is 12.8 Å². The highest BCUT2D eigenvalue weighted by atomic mass is 35.5. The maximum Gasteiger partial charge on any atom is 0.337 e. The topological polar surface area (TPSA) is 57.5 Å². The zero-order valence-electron chi connectivity index (χ0n) is 12.7. The number of rotatable bonds is 10. The van der Waals surface area contributed by atoms with E-state index in [1.54, 1.807) is 0 Å². The molecule has 0 saturated carbocycles. The van der Waals surface area contributed by atoms with Crippen LogP contribution in [0.1, 0.15) is 74.2 Å². The van der Waals surface area contributed by atoms with Crippen LogP contribution in [0.25, 0.3) is 0 Å². The summed E-state index contributed by atoms with van der Waals surface area (Å²) in [6.07, 6.45) is 10.2. The molecule has 118 valence electrons. The van der Waals surface area contributed by atoms with Gasteiger partial charge in [0.1, 0.15) is 5.75 Å². The maximum absolute atomic E-state index is 11.0. The highest BCUT2D eigenvalue weighted by Crippen LogP contribution is 2.30. The minimum Gasteiger partial charge on any atom is -0.508 e. The van der Waals surface area contributed by atoms with Gasteiger partial charge in [0.25, 0.3) is 0 Å². The van der Waals surface area contributed by atoms with Crippen LogP contribution in [0.2, 0.25) is 5.02 Å². The third-order valence-electron chi connectivity index (χ3n) is 3.73. The molecule has 0 saturated heterocycles. The van der Waals surface area contributed by atoms with E-state index in [4.69, 9.17) is 16.7 Å². The molecule has 2 N–H and O–H groups in total. The van der Waals surface area contributed by atoms with Crippen molar-refractivity contribution >= 4 is 17.6 Å². The highest BCUT2D eigenvalue weighted by Gasteiger charge is 2.15. The van der Waals surface area contributed by atoms with Crippen LogP contribution >= 0.6 is 11.6 Å². The first-order valence-electron chi connectivity index (χ1n) is 7.81. The summed E-state index contributed by atoms with van der Waals surface area (Å²) in [5, 5.41) is 19.0.